The van der Waals surface area contributed by atoms with Crippen LogP contribution in [0.25, 0.3) is 11.3 Å². The van der Waals surface area contributed by atoms with Crippen LogP contribution in [0.4, 0.5) is 0 Å². The fourth-order valence-electron chi connectivity index (χ4n) is 2.33. The third-order valence-electron chi connectivity index (χ3n) is 3.37. The van der Waals surface area contributed by atoms with Gasteiger partial charge in [-0.25, -0.2) is 14.3 Å². The standard InChI is InChI=1S/C15H16N4O2/c16-12(8-10-20)14-17-13-7-4-9-18(13)15(21)19(14)11-5-2-1-3-6-11/h1-7,9,12,20H,8,10,16H2. The third kappa shape index (κ3) is 2.35. The Bertz CT molecular complexity index is 807. The summed E-state index contributed by atoms with van der Waals surface area (Å²) in [6.07, 6.45) is 2.02. The first kappa shape index (κ1) is 13.5. The first-order chi connectivity index (χ1) is 10.2. The van der Waals surface area contributed by atoms with Crippen LogP contribution in [0, 0.1) is 0 Å². The van der Waals surface area contributed by atoms with Gasteiger partial charge in [0.05, 0.1) is 11.7 Å². The Hall–Kier alpha value is -2.44. The summed E-state index contributed by atoms with van der Waals surface area (Å²) in [5.74, 6) is 0.450. The molecule has 0 amide bonds. The molecule has 6 heteroatoms. The Morgan fingerprint density at radius 2 is 1.95 bits per heavy atom. The lowest BCUT2D eigenvalue weighted by Gasteiger charge is -2.17. The maximum absolute atomic E-state index is 12.7. The molecule has 0 saturated heterocycles. The number of rotatable bonds is 4. The Morgan fingerprint density at radius 3 is 2.67 bits per heavy atom. The number of hydrogen-bond donors (Lipinski definition) is 2. The van der Waals surface area contributed by atoms with E-state index in [-0.39, 0.29) is 12.3 Å². The predicted molar refractivity (Wildman–Crippen MR) is 79.4 cm³/mol. The number of hydrogen-bond acceptors (Lipinski definition) is 4. The van der Waals surface area contributed by atoms with Crippen LogP contribution >= 0.6 is 0 Å². The molecule has 0 radical (unpaired) electrons. The highest BCUT2D eigenvalue weighted by molar-refractivity contribution is 5.41. The second-order valence-corrected chi connectivity index (χ2v) is 4.78. The topological polar surface area (TPSA) is 85.6 Å². The molecule has 3 N–H and O–H groups in total. The summed E-state index contributed by atoms with van der Waals surface area (Å²) in [4.78, 5) is 17.2. The molecule has 1 unspecified atom stereocenters. The number of nitrogens with two attached hydrogens (primary N) is 1. The van der Waals surface area contributed by atoms with Crippen LogP contribution in [0.5, 0.6) is 0 Å². The van der Waals surface area contributed by atoms with Gasteiger partial charge in [-0.2, -0.15) is 0 Å². The molecule has 1 aromatic carbocycles. The molecular weight excluding hydrogens is 268 g/mol. The zero-order valence-corrected chi connectivity index (χ0v) is 11.4. The number of nitrogens with zero attached hydrogens (tertiary/aromatic N) is 3. The van der Waals surface area contributed by atoms with E-state index in [4.69, 9.17) is 10.8 Å². The summed E-state index contributed by atoms with van der Waals surface area (Å²) in [6, 6.07) is 12.2. The zero-order valence-electron chi connectivity index (χ0n) is 11.4. The van der Waals surface area contributed by atoms with Crippen LogP contribution in [0.3, 0.4) is 0 Å². The quantitative estimate of drug-likeness (QED) is 0.744. The number of aliphatic hydroxyl groups is 1. The number of benzene rings is 1. The van der Waals surface area contributed by atoms with E-state index in [1.165, 1.54) is 8.97 Å². The SMILES string of the molecule is NC(CCO)c1nc2cccn2c(=O)n1-c1ccccc1. The third-order valence-corrected chi connectivity index (χ3v) is 3.37. The summed E-state index contributed by atoms with van der Waals surface area (Å²) in [5, 5.41) is 9.10. The summed E-state index contributed by atoms with van der Waals surface area (Å²) in [6.45, 7) is -0.0575. The number of aliphatic hydroxyl groups excluding tert-OH is 1. The van der Waals surface area contributed by atoms with E-state index in [1.807, 2.05) is 30.3 Å². The first-order valence-electron chi connectivity index (χ1n) is 6.74. The number of fused-ring (bicyclic) bond motifs is 1. The predicted octanol–water partition coefficient (Wildman–Crippen LogP) is 0.867. The van der Waals surface area contributed by atoms with Crippen molar-refractivity contribution in [2.75, 3.05) is 6.61 Å². The van der Waals surface area contributed by atoms with Gasteiger partial charge >= 0.3 is 5.69 Å². The second kappa shape index (κ2) is 5.51. The van der Waals surface area contributed by atoms with E-state index < -0.39 is 6.04 Å². The van der Waals surface area contributed by atoms with Gasteiger partial charge in [0.2, 0.25) is 0 Å². The van der Waals surface area contributed by atoms with Gasteiger partial charge < -0.3 is 10.8 Å². The molecule has 0 aliphatic heterocycles. The van der Waals surface area contributed by atoms with Gasteiger partial charge in [0.15, 0.2) is 0 Å². The number of para-hydroxylation sites is 1. The molecule has 2 aromatic heterocycles. The Morgan fingerprint density at radius 1 is 1.19 bits per heavy atom. The lowest BCUT2D eigenvalue weighted by Crippen LogP contribution is -2.32. The second-order valence-electron chi connectivity index (χ2n) is 4.78. The molecule has 3 aromatic rings. The van der Waals surface area contributed by atoms with Crippen LogP contribution in [-0.2, 0) is 0 Å². The van der Waals surface area contributed by atoms with Crippen molar-refractivity contribution in [3.05, 3.63) is 65.0 Å². The van der Waals surface area contributed by atoms with Crippen molar-refractivity contribution in [1.29, 1.82) is 0 Å². The molecule has 2 heterocycles. The minimum absolute atomic E-state index is 0.0575. The molecule has 0 fully saturated rings. The van der Waals surface area contributed by atoms with Crippen molar-refractivity contribution in [3.63, 3.8) is 0 Å². The zero-order chi connectivity index (χ0) is 14.8. The minimum Gasteiger partial charge on any atom is -0.396 e. The lowest BCUT2D eigenvalue weighted by atomic mass is 10.2. The molecule has 0 aliphatic carbocycles. The Balaban J connectivity index is 2.31. The summed E-state index contributed by atoms with van der Waals surface area (Å²) in [5.41, 5.74) is 7.11. The van der Waals surface area contributed by atoms with Crippen molar-refractivity contribution in [3.8, 4) is 5.69 Å². The van der Waals surface area contributed by atoms with Gasteiger partial charge in [-0.3, -0.25) is 4.40 Å². The van der Waals surface area contributed by atoms with E-state index in [9.17, 15) is 4.79 Å². The van der Waals surface area contributed by atoms with Crippen LogP contribution in [0.15, 0.2) is 53.5 Å². The van der Waals surface area contributed by atoms with Crippen LogP contribution in [-0.4, -0.2) is 25.7 Å². The van der Waals surface area contributed by atoms with Crippen molar-refractivity contribution < 1.29 is 5.11 Å². The molecule has 1 atom stereocenters. The fourth-order valence-corrected chi connectivity index (χ4v) is 2.33. The van der Waals surface area contributed by atoms with Gasteiger partial charge in [-0.15, -0.1) is 0 Å². The average molecular weight is 284 g/mol. The normalized spacial score (nSPS) is 12.7. The van der Waals surface area contributed by atoms with Crippen LogP contribution < -0.4 is 11.4 Å². The highest BCUT2D eigenvalue weighted by atomic mass is 16.3. The highest BCUT2D eigenvalue weighted by Gasteiger charge is 2.17. The van der Waals surface area contributed by atoms with E-state index in [0.717, 1.165) is 0 Å². The molecule has 3 rings (SSSR count). The minimum atomic E-state index is -0.511. The maximum atomic E-state index is 12.7. The van der Waals surface area contributed by atoms with E-state index in [2.05, 4.69) is 4.98 Å². The van der Waals surface area contributed by atoms with Crippen molar-refractivity contribution >= 4 is 5.65 Å². The molecule has 6 nitrogen and oxygen atoms in total. The smallest absolute Gasteiger partial charge is 0.339 e. The molecule has 21 heavy (non-hydrogen) atoms. The Kier molecular flexibility index (Phi) is 3.55. The van der Waals surface area contributed by atoms with E-state index in [0.29, 0.717) is 23.6 Å². The monoisotopic (exact) mass is 284 g/mol. The van der Waals surface area contributed by atoms with Gasteiger partial charge in [0.25, 0.3) is 0 Å². The molecular formula is C15H16N4O2. The van der Waals surface area contributed by atoms with Crippen molar-refractivity contribution in [2.45, 2.75) is 12.5 Å². The average Bonchev–Trinajstić information content (AvgIpc) is 2.97. The van der Waals surface area contributed by atoms with Crippen molar-refractivity contribution in [2.24, 2.45) is 5.73 Å². The van der Waals surface area contributed by atoms with E-state index >= 15 is 0 Å². The van der Waals surface area contributed by atoms with Gasteiger partial charge in [-0.05, 0) is 30.7 Å². The first-order valence-corrected chi connectivity index (χ1v) is 6.74. The van der Waals surface area contributed by atoms with Gasteiger partial charge in [-0.1, -0.05) is 18.2 Å². The highest BCUT2D eigenvalue weighted by Crippen LogP contribution is 2.15. The molecule has 0 spiro atoms. The summed E-state index contributed by atoms with van der Waals surface area (Å²) in [7, 11) is 0. The molecule has 0 bridgehead atoms. The van der Waals surface area contributed by atoms with Gasteiger partial charge in [0.1, 0.15) is 11.5 Å². The van der Waals surface area contributed by atoms with Gasteiger partial charge in [0, 0.05) is 12.8 Å². The lowest BCUT2D eigenvalue weighted by molar-refractivity contribution is 0.273. The van der Waals surface area contributed by atoms with Crippen LogP contribution in [0.1, 0.15) is 18.3 Å². The molecule has 108 valence electrons. The van der Waals surface area contributed by atoms with Crippen LogP contribution in [0.2, 0.25) is 0 Å². The molecule has 0 aliphatic rings. The number of aromatic nitrogens is 3. The maximum Gasteiger partial charge on any atom is 0.339 e. The summed E-state index contributed by atoms with van der Waals surface area (Å²) < 4.78 is 2.97. The fraction of sp³-hybridized carbons (Fsp3) is 0.200. The summed E-state index contributed by atoms with van der Waals surface area (Å²) >= 11 is 0. The molecule has 0 saturated carbocycles. The van der Waals surface area contributed by atoms with Crippen molar-refractivity contribution in [1.82, 2.24) is 14.0 Å². The van der Waals surface area contributed by atoms with E-state index in [1.54, 1.807) is 18.3 Å². The largest absolute Gasteiger partial charge is 0.396 e. The Labute approximate surface area is 121 Å².